The molecule has 0 radical (unpaired) electrons. The first kappa shape index (κ1) is 41.2. The third kappa shape index (κ3) is 7.06. The van der Waals surface area contributed by atoms with Gasteiger partial charge in [-0.05, 0) is 82.4 Å². The Balaban J connectivity index is 0.897. The lowest BCUT2D eigenvalue weighted by Crippen LogP contribution is -2.52. The fourth-order valence-electron chi connectivity index (χ4n) is 10.4. The number of amides is 4. The summed E-state index contributed by atoms with van der Waals surface area (Å²) in [5, 5.41) is 14.7. The molecule has 2 aliphatic carbocycles. The third-order valence-corrected chi connectivity index (χ3v) is 14.3. The van der Waals surface area contributed by atoms with Gasteiger partial charge in [0.05, 0.1) is 30.6 Å². The smallest absolute Gasteiger partial charge is 0.407 e. The van der Waals surface area contributed by atoms with Crippen LogP contribution in [0.25, 0.3) is 44.4 Å². The van der Waals surface area contributed by atoms with E-state index in [0.717, 1.165) is 86.6 Å². The van der Waals surface area contributed by atoms with Crippen LogP contribution in [-0.2, 0) is 14.3 Å². The van der Waals surface area contributed by atoms with Crippen LogP contribution in [0.4, 0.5) is 9.59 Å². The Morgan fingerprint density at radius 2 is 1.21 bits per heavy atom. The molecular formula is C48H56N8O6. The number of likely N-dealkylation sites (N-methyl/N-ethyl adjacent to an activating group) is 1. The number of carbonyl (C=O) groups is 4. The highest BCUT2D eigenvalue weighted by atomic mass is 16.5. The van der Waals surface area contributed by atoms with Crippen molar-refractivity contribution in [2.24, 2.45) is 22.7 Å². The van der Waals surface area contributed by atoms with E-state index >= 15 is 0 Å². The SMILES string of the molecule is COC(=O)N[C@H](C(=O)N1[C@H]2C[C@@]2(C)C[C@H]1c1nc(-c2ccc3cc(-c4ccc(-c5c[nH]c([C@@H]6C[C@]7(C)C[C@@H]7N6C(=O)[C@H](C(C)C)N(C)C(=O)O)n5)cc4)ccc3c2)c[nH]1)C(C)C. The molecule has 0 bridgehead atoms. The van der Waals surface area contributed by atoms with Crippen molar-refractivity contribution in [2.45, 2.75) is 103 Å². The van der Waals surface area contributed by atoms with Crippen molar-refractivity contribution in [2.75, 3.05) is 14.2 Å². The summed E-state index contributed by atoms with van der Waals surface area (Å²) in [5.74, 6) is 0.904. The monoisotopic (exact) mass is 840 g/mol. The van der Waals surface area contributed by atoms with Crippen molar-refractivity contribution in [3.63, 3.8) is 0 Å². The van der Waals surface area contributed by atoms with Crippen molar-refractivity contribution in [3.05, 3.63) is 84.7 Å². The summed E-state index contributed by atoms with van der Waals surface area (Å²) in [6.07, 6.45) is 5.50. The largest absolute Gasteiger partial charge is 0.465 e. The maximum Gasteiger partial charge on any atom is 0.407 e. The maximum atomic E-state index is 14.0. The summed E-state index contributed by atoms with van der Waals surface area (Å²) >= 11 is 0. The number of imidazole rings is 2. The quantitative estimate of drug-likeness (QED) is 0.102. The van der Waals surface area contributed by atoms with E-state index in [2.05, 4.69) is 89.8 Å². The second-order valence-corrected chi connectivity index (χ2v) is 19.3. The van der Waals surface area contributed by atoms with Crippen LogP contribution in [0.5, 0.6) is 0 Å². The number of piperidine rings is 2. The Morgan fingerprint density at radius 1 is 0.726 bits per heavy atom. The van der Waals surface area contributed by atoms with Crippen LogP contribution < -0.4 is 5.32 Å². The Bertz CT molecular complexity index is 2580. The molecule has 0 spiro atoms. The molecular weight excluding hydrogens is 785 g/mol. The molecule has 324 valence electrons. The van der Waals surface area contributed by atoms with Crippen molar-refractivity contribution in [1.82, 2.24) is 40.0 Å². The average Bonchev–Trinajstić information content (AvgIpc) is 3.68. The molecule has 2 saturated carbocycles. The van der Waals surface area contributed by atoms with Gasteiger partial charge in [0.25, 0.3) is 0 Å². The Labute approximate surface area is 361 Å². The van der Waals surface area contributed by atoms with Crippen molar-refractivity contribution in [3.8, 4) is 33.6 Å². The van der Waals surface area contributed by atoms with Crippen molar-refractivity contribution >= 4 is 34.8 Å². The standard InChI is InChI=1S/C48H56N8O6/c1-25(2)39(53-45(59)62-8)43(57)55-35(19-47(5)21-37(47)55)41-50-24-34(52-41)32-16-15-30-17-29(13-14-31(30)18-32)27-9-11-28(12-10-27)33-23-49-42(51-33)36-20-48(6)22-38(48)56(36)44(58)40(26(3)4)54(7)46(60)61/h9-18,23-26,35-40H,19-22H2,1-8H3,(H,49,51)(H,50,52)(H,53,59)(H,60,61)/t35-,36-,37-,38-,39-,40-,47+,48+/m0/s1. The van der Waals surface area contributed by atoms with E-state index < -0.39 is 24.3 Å². The van der Waals surface area contributed by atoms with Gasteiger partial charge < -0.3 is 34.9 Å². The number of alkyl carbamates (subject to hydrolysis) is 1. The topological polar surface area (TPSA) is 177 Å². The van der Waals surface area contributed by atoms with E-state index in [1.807, 2.05) is 49.9 Å². The molecule has 0 unspecified atom stereocenters. The van der Waals surface area contributed by atoms with E-state index in [-0.39, 0.29) is 58.6 Å². The average molecular weight is 841 g/mol. The number of nitrogens with one attached hydrogen (secondary N) is 3. The van der Waals surface area contributed by atoms with Crippen LogP contribution in [0.2, 0.25) is 0 Å². The summed E-state index contributed by atoms with van der Waals surface area (Å²) in [5.41, 5.74) is 5.70. The van der Waals surface area contributed by atoms with Gasteiger partial charge in [0, 0.05) is 42.7 Å². The zero-order valence-corrected chi connectivity index (χ0v) is 36.6. The Hall–Kier alpha value is -6.18. The highest BCUT2D eigenvalue weighted by molar-refractivity contribution is 5.91. The lowest BCUT2D eigenvalue weighted by atomic mass is 9.98. The predicted molar refractivity (Wildman–Crippen MR) is 235 cm³/mol. The van der Waals surface area contributed by atoms with Crippen LogP contribution in [-0.4, -0.2) is 102 Å². The van der Waals surface area contributed by atoms with E-state index in [9.17, 15) is 24.3 Å². The zero-order valence-electron chi connectivity index (χ0n) is 36.6. The van der Waals surface area contributed by atoms with Crippen LogP contribution in [0.1, 0.15) is 91.0 Å². The molecule has 4 N–H and O–H groups in total. The number of aromatic nitrogens is 4. The van der Waals surface area contributed by atoms with E-state index in [1.165, 1.54) is 14.2 Å². The van der Waals surface area contributed by atoms with Gasteiger partial charge in [0.1, 0.15) is 23.7 Å². The first-order valence-corrected chi connectivity index (χ1v) is 21.7. The zero-order chi connectivity index (χ0) is 44.0. The van der Waals surface area contributed by atoms with Crippen LogP contribution in [0, 0.1) is 22.7 Å². The Kier molecular flexibility index (Phi) is 9.98. The second kappa shape index (κ2) is 15.0. The number of rotatable bonds is 11. The minimum absolute atomic E-state index is 0.00654. The van der Waals surface area contributed by atoms with Crippen LogP contribution in [0.15, 0.2) is 73.1 Å². The lowest BCUT2D eigenvalue weighted by Gasteiger charge is -2.35. The highest BCUT2D eigenvalue weighted by Gasteiger charge is 2.65. The van der Waals surface area contributed by atoms with Gasteiger partial charge in [0.15, 0.2) is 0 Å². The number of methoxy groups -OCH3 is 1. The summed E-state index contributed by atoms with van der Waals surface area (Å²) in [7, 11) is 2.78. The summed E-state index contributed by atoms with van der Waals surface area (Å²) in [6, 6.07) is 19.3. The molecule has 14 heteroatoms. The molecule has 4 aliphatic rings. The van der Waals surface area contributed by atoms with E-state index in [0.29, 0.717) is 0 Å². The molecule has 2 aliphatic heterocycles. The summed E-state index contributed by atoms with van der Waals surface area (Å²) in [4.78, 5) is 73.8. The van der Waals surface area contributed by atoms with E-state index in [4.69, 9.17) is 14.7 Å². The molecule has 3 aromatic carbocycles. The number of ether oxygens (including phenoxy) is 1. The summed E-state index contributed by atoms with van der Waals surface area (Å²) in [6.45, 7) is 12.0. The second-order valence-electron chi connectivity index (χ2n) is 19.3. The molecule has 14 nitrogen and oxygen atoms in total. The number of hydrogen-bond donors (Lipinski definition) is 4. The van der Waals surface area contributed by atoms with Gasteiger partial charge >= 0.3 is 12.2 Å². The molecule has 5 aromatic rings. The number of H-pyrrole nitrogens is 2. The molecule has 4 heterocycles. The molecule has 62 heavy (non-hydrogen) atoms. The van der Waals surface area contributed by atoms with Gasteiger partial charge in [-0.2, -0.15) is 0 Å². The number of hydrogen-bond acceptors (Lipinski definition) is 7. The fraction of sp³-hybridized carbons (Fsp3) is 0.458. The summed E-state index contributed by atoms with van der Waals surface area (Å²) < 4.78 is 4.83. The van der Waals surface area contributed by atoms with Gasteiger partial charge in [-0.25, -0.2) is 19.6 Å². The number of aromatic amines is 2. The normalized spacial score (nSPS) is 25.7. The van der Waals surface area contributed by atoms with Crippen LogP contribution in [0.3, 0.4) is 0 Å². The minimum atomic E-state index is -1.11. The van der Waals surface area contributed by atoms with Crippen LogP contribution >= 0.6 is 0 Å². The first-order chi connectivity index (χ1) is 29.5. The number of benzene rings is 3. The van der Waals surface area contributed by atoms with Gasteiger partial charge in [0.2, 0.25) is 11.8 Å². The molecule has 4 amide bonds. The first-order valence-electron chi connectivity index (χ1n) is 21.7. The number of carboxylic acid groups (broad SMARTS) is 1. The molecule has 4 fully saturated rings. The van der Waals surface area contributed by atoms with Crippen molar-refractivity contribution in [1.29, 1.82) is 0 Å². The number of fused-ring (bicyclic) bond motifs is 3. The molecule has 8 atom stereocenters. The van der Waals surface area contributed by atoms with Gasteiger partial charge in [-0.15, -0.1) is 0 Å². The number of carbonyl (C=O) groups excluding carboxylic acids is 3. The maximum absolute atomic E-state index is 14.0. The van der Waals surface area contributed by atoms with Crippen molar-refractivity contribution < 1.29 is 29.0 Å². The highest BCUT2D eigenvalue weighted by Crippen LogP contribution is 2.64. The Morgan fingerprint density at radius 3 is 1.73 bits per heavy atom. The molecule has 2 saturated heterocycles. The third-order valence-electron chi connectivity index (χ3n) is 14.3. The number of likely N-dealkylation sites (tertiary alicyclic amines) is 2. The predicted octanol–water partition coefficient (Wildman–Crippen LogP) is 8.41. The fourth-order valence-corrected chi connectivity index (χ4v) is 10.4. The molecule has 9 rings (SSSR count). The minimum Gasteiger partial charge on any atom is -0.465 e. The molecule has 2 aromatic heterocycles. The van der Waals surface area contributed by atoms with Gasteiger partial charge in [-0.3, -0.25) is 14.5 Å². The van der Waals surface area contributed by atoms with Gasteiger partial charge in [-0.1, -0.05) is 90.1 Å². The van der Waals surface area contributed by atoms with E-state index in [1.54, 1.807) is 0 Å². The lowest BCUT2D eigenvalue weighted by molar-refractivity contribution is -0.140. The number of nitrogens with zero attached hydrogens (tertiary/aromatic N) is 5.